The molecule has 2 aliphatic rings. The minimum absolute atomic E-state index is 0.160. The van der Waals surface area contributed by atoms with Gasteiger partial charge in [-0.05, 0) is 66.6 Å². The summed E-state index contributed by atoms with van der Waals surface area (Å²) < 4.78 is 50.2. The van der Waals surface area contributed by atoms with Crippen LogP contribution in [0.15, 0.2) is 58.1 Å². The molecule has 0 saturated carbocycles. The number of aliphatic imine (C=N–C) groups is 1. The van der Waals surface area contributed by atoms with Crippen molar-refractivity contribution in [2.75, 3.05) is 13.2 Å². The van der Waals surface area contributed by atoms with E-state index in [1.165, 1.54) is 6.08 Å². The van der Waals surface area contributed by atoms with Gasteiger partial charge in [0.15, 0.2) is 5.84 Å². The van der Waals surface area contributed by atoms with Crippen LogP contribution >= 0.6 is 11.8 Å². The Morgan fingerprint density at radius 1 is 1.09 bits per heavy atom. The third-order valence-electron chi connectivity index (χ3n) is 4.84. The van der Waals surface area contributed by atoms with Gasteiger partial charge in [-0.1, -0.05) is 24.3 Å². The molecular weight excluding hydrogens is 469 g/mol. The van der Waals surface area contributed by atoms with Gasteiger partial charge in [-0.15, -0.1) is 0 Å². The molecule has 1 amide bonds. The van der Waals surface area contributed by atoms with E-state index in [2.05, 4.69) is 10.1 Å². The zero-order valence-electron chi connectivity index (χ0n) is 18.1. The van der Waals surface area contributed by atoms with Crippen LogP contribution in [0.3, 0.4) is 0 Å². The summed E-state index contributed by atoms with van der Waals surface area (Å²) in [5.74, 6) is 0.114. The molecule has 0 fully saturated rings. The standard InChI is InChI=1S/C23H19F3N4O3S/c1-13-3-4-14(2)18(11-13)33-10-9-32-16-7-5-15(6-8-16)12-17-19(27)30-22(28-20(17)31)34-21(29-30)23(24,25)26/h3-8,11-12,27H,9-10H2,1-2H3/b17-12+,27-19?. The number of nitrogens with one attached hydrogen (secondary N) is 1. The van der Waals surface area contributed by atoms with Gasteiger partial charge in [-0.3, -0.25) is 10.2 Å². The second-order valence-corrected chi connectivity index (χ2v) is 8.41. The molecule has 2 aromatic rings. The number of hydrogen-bond donors (Lipinski definition) is 1. The first-order chi connectivity index (χ1) is 16.1. The summed E-state index contributed by atoms with van der Waals surface area (Å²) in [5, 5.41) is 10.8. The van der Waals surface area contributed by atoms with Crippen molar-refractivity contribution in [3.05, 3.63) is 64.7 Å². The van der Waals surface area contributed by atoms with E-state index in [1.54, 1.807) is 24.3 Å². The number of amidine groups is 2. The van der Waals surface area contributed by atoms with Crippen molar-refractivity contribution < 1.29 is 27.4 Å². The van der Waals surface area contributed by atoms with Gasteiger partial charge in [0.2, 0.25) is 10.2 Å². The first-order valence-electron chi connectivity index (χ1n) is 10.1. The molecule has 0 aliphatic carbocycles. The topological polar surface area (TPSA) is 87.3 Å². The summed E-state index contributed by atoms with van der Waals surface area (Å²) in [4.78, 5) is 15.9. The molecule has 0 atom stereocenters. The fourth-order valence-electron chi connectivity index (χ4n) is 3.11. The molecule has 0 spiro atoms. The van der Waals surface area contributed by atoms with Crippen molar-refractivity contribution in [2.45, 2.75) is 20.0 Å². The molecule has 34 heavy (non-hydrogen) atoms. The second-order valence-electron chi connectivity index (χ2n) is 7.46. The minimum atomic E-state index is -4.68. The van der Waals surface area contributed by atoms with Crippen LogP contribution in [0.25, 0.3) is 6.08 Å². The van der Waals surface area contributed by atoms with E-state index in [1.807, 2.05) is 32.0 Å². The lowest BCUT2D eigenvalue weighted by Crippen LogP contribution is -2.35. The smallest absolute Gasteiger partial charge is 0.441 e. The Balaban J connectivity index is 1.38. The van der Waals surface area contributed by atoms with Gasteiger partial charge in [-0.2, -0.15) is 28.3 Å². The maximum Gasteiger partial charge on any atom is 0.441 e. The van der Waals surface area contributed by atoms with Crippen molar-refractivity contribution in [3.8, 4) is 11.5 Å². The highest BCUT2D eigenvalue weighted by Gasteiger charge is 2.46. The van der Waals surface area contributed by atoms with Crippen LogP contribution in [-0.4, -0.2) is 46.4 Å². The van der Waals surface area contributed by atoms with Crippen LogP contribution in [0.5, 0.6) is 11.5 Å². The van der Waals surface area contributed by atoms with Gasteiger partial charge in [0.1, 0.15) is 24.7 Å². The minimum Gasteiger partial charge on any atom is -0.490 e. The Morgan fingerprint density at radius 2 is 1.79 bits per heavy atom. The highest BCUT2D eigenvalue weighted by molar-refractivity contribution is 8.27. The molecule has 0 unspecified atom stereocenters. The van der Waals surface area contributed by atoms with Crippen molar-refractivity contribution >= 4 is 39.8 Å². The fraction of sp³-hybridized carbons (Fsp3) is 0.217. The summed E-state index contributed by atoms with van der Waals surface area (Å²) in [6, 6.07) is 12.7. The number of hydrazone groups is 1. The van der Waals surface area contributed by atoms with E-state index >= 15 is 0 Å². The van der Waals surface area contributed by atoms with Gasteiger partial charge in [0, 0.05) is 0 Å². The first-order valence-corrected chi connectivity index (χ1v) is 10.9. The first kappa shape index (κ1) is 23.6. The second kappa shape index (κ2) is 9.34. The third kappa shape index (κ3) is 5.14. The molecule has 2 aliphatic heterocycles. The third-order valence-corrected chi connectivity index (χ3v) is 5.79. The van der Waals surface area contributed by atoms with Crippen molar-refractivity contribution in [2.24, 2.45) is 10.1 Å². The molecule has 11 heteroatoms. The number of halogens is 3. The number of carbonyl (C=O) groups excluding carboxylic acids is 1. The number of rotatable bonds is 6. The highest BCUT2D eigenvalue weighted by Crippen LogP contribution is 2.35. The molecular formula is C23H19F3N4O3S. The molecule has 4 rings (SSSR count). The van der Waals surface area contributed by atoms with Gasteiger partial charge in [0.05, 0.1) is 5.57 Å². The van der Waals surface area contributed by atoms with Crippen LogP contribution in [0, 0.1) is 19.3 Å². The number of alkyl halides is 3. The number of nitrogens with zero attached hydrogens (tertiary/aromatic N) is 3. The SMILES string of the molecule is Cc1ccc(C)c(OCCOc2ccc(/C=C3\C(=N)N4N=C(C(F)(F)F)SC4=NC3=O)cc2)c1. The van der Waals surface area contributed by atoms with Crippen LogP contribution in [0.4, 0.5) is 13.2 Å². The zero-order chi connectivity index (χ0) is 24.5. The Labute approximate surface area is 197 Å². The van der Waals surface area contributed by atoms with Crippen molar-refractivity contribution in [1.29, 1.82) is 5.41 Å². The molecule has 1 N–H and O–H groups in total. The van der Waals surface area contributed by atoms with E-state index in [-0.39, 0.29) is 22.5 Å². The average Bonchev–Trinajstić information content (AvgIpc) is 3.22. The number of benzene rings is 2. The molecule has 0 aromatic heterocycles. The molecule has 176 valence electrons. The molecule has 2 aromatic carbocycles. The fourth-order valence-corrected chi connectivity index (χ4v) is 3.87. The number of amides is 1. The summed E-state index contributed by atoms with van der Waals surface area (Å²) in [7, 11) is 0. The Morgan fingerprint density at radius 3 is 2.50 bits per heavy atom. The van der Waals surface area contributed by atoms with Crippen molar-refractivity contribution in [1.82, 2.24) is 5.01 Å². The largest absolute Gasteiger partial charge is 0.490 e. The lowest BCUT2D eigenvalue weighted by Gasteiger charge is -2.20. The Kier molecular flexibility index (Phi) is 6.47. The van der Waals surface area contributed by atoms with Gasteiger partial charge in [-0.25, -0.2) is 0 Å². The normalized spacial score (nSPS) is 17.0. The number of carbonyl (C=O) groups is 1. The maximum absolute atomic E-state index is 12.9. The summed E-state index contributed by atoms with van der Waals surface area (Å²) in [6.45, 7) is 4.64. The lowest BCUT2D eigenvalue weighted by atomic mass is 10.1. The van der Waals surface area contributed by atoms with E-state index in [0.29, 0.717) is 29.5 Å². The average molecular weight is 488 g/mol. The molecule has 7 nitrogen and oxygen atoms in total. The van der Waals surface area contributed by atoms with E-state index < -0.39 is 23.0 Å². The lowest BCUT2D eigenvalue weighted by molar-refractivity contribution is -0.114. The van der Waals surface area contributed by atoms with Crippen molar-refractivity contribution in [3.63, 3.8) is 0 Å². The van der Waals surface area contributed by atoms with Crippen LogP contribution < -0.4 is 9.47 Å². The Hall–Kier alpha value is -3.60. The van der Waals surface area contributed by atoms with Crippen LogP contribution in [0.1, 0.15) is 16.7 Å². The number of aryl methyl sites for hydroxylation is 2. The number of thioether (sulfide) groups is 1. The van der Waals surface area contributed by atoms with E-state index in [9.17, 15) is 18.0 Å². The monoisotopic (exact) mass is 488 g/mol. The molecule has 0 radical (unpaired) electrons. The number of fused-ring (bicyclic) bond motifs is 1. The van der Waals surface area contributed by atoms with E-state index in [0.717, 1.165) is 16.9 Å². The van der Waals surface area contributed by atoms with Gasteiger partial charge in [0.25, 0.3) is 5.91 Å². The molecule has 0 saturated heterocycles. The number of ether oxygens (including phenoxy) is 2. The van der Waals surface area contributed by atoms with Crippen LogP contribution in [0.2, 0.25) is 0 Å². The predicted octanol–water partition coefficient (Wildman–Crippen LogP) is 4.94. The van der Waals surface area contributed by atoms with Gasteiger partial charge < -0.3 is 9.47 Å². The maximum atomic E-state index is 12.9. The number of hydrogen-bond acceptors (Lipinski definition) is 6. The molecule has 2 heterocycles. The zero-order valence-corrected chi connectivity index (χ0v) is 19.0. The summed E-state index contributed by atoms with van der Waals surface area (Å²) in [5.41, 5.74) is 2.54. The quantitative estimate of drug-likeness (QED) is 0.460. The van der Waals surface area contributed by atoms with Crippen LogP contribution in [-0.2, 0) is 4.79 Å². The highest BCUT2D eigenvalue weighted by atomic mass is 32.2. The Bertz CT molecular complexity index is 1240. The van der Waals surface area contributed by atoms with E-state index in [4.69, 9.17) is 14.9 Å². The molecule has 0 bridgehead atoms. The predicted molar refractivity (Wildman–Crippen MR) is 124 cm³/mol. The van der Waals surface area contributed by atoms with Gasteiger partial charge >= 0.3 is 6.18 Å². The summed E-state index contributed by atoms with van der Waals surface area (Å²) in [6.07, 6.45) is -3.30. The summed E-state index contributed by atoms with van der Waals surface area (Å²) >= 11 is 0.214.